The first-order chi connectivity index (χ1) is 5.35. The first-order valence-electron chi connectivity index (χ1n) is 3.67. The molecule has 0 aliphatic rings. The summed E-state index contributed by atoms with van der Waals surface area (Å²) in [5.41, 5.74) is -0.459. The van der Waals surface area contributed by atoms with Crippen LogP contribution in [0.25, 0.3) is 0 Å². The van der Waals surface area contributed by atoms with Gasteiger partial charge in [0.2, 0.25) is 0 Å². The van der Waals surface area contributed by atoms with E-state index in [0.717, 1.165) is 0 Å². The van der Waals surface area contributed by atoms with Crippen LogP contribution in [0.1, 0.15) is 27.7 Å². The molecule has 0 unspecified atom stereocenters. The molecule has 0 bridgehead atoms. The Balaban J connectivity index is 4.08. The normalized spacial score (nSPS) is 12.9. The zero-order valence-electron chi connectivity index (χ0n) is 8.17. The molecule has 0 aromatic rings. The highest BCUT2D eigenvalue weighted by atomic mass is 32.2. The van der Waals surface area contributed by atoms with Crippen LogP contribution < -0.4 is 0 Å². The van der Waals surface area contributed by atoms with Gasteiger partial charge in [0.05, 0.1) is 5.04 Å². The van der Waals surface area contributed by atoms with Crippen LogP contribution in [0.2, 0.25) is 0 Å². The molecule has 12 heavy (non-hydrogen) atoms. The molecule has 0 heterocycles. The number of hydrogen-bond donors (Lipinski definition) is 0. The molecule has 0 N–H and O–H groups in total. The monoisotopic (exact) mass is 189 g/mol. The van der Waals surface area contributed by atoms with Crippen molar-refractivity contribution in [2.45, 2.75) is 33.3 Å². The number of ether oxygens (including phenoxy) is 1. The highest BCUT2D eigenvalue weighted by Crippen LogP contribution is 2.09. The number of amides is 1. The van der Waals surface area contributed by atoms with E-state index in [1.165, 1.54) is 11.8 Å². The highest BCUT2D eigenvalue weighted by molar-refractivity contribution is 8.13. The smallest absolute Gasteiger partial charge is 0.434 e. The minimum atomic E-state index is -0.519. The van der Waals surface area contributed by atoms with Crippen molar-refractivity contribution in [3.8, 4) is 0 Å². The molecule has 0 aliphatic heterocycles. The number of rotatable bonds is 0. The largest absolute Gasteiger partial charge is 0.442 e. The first-order valence-corrected chi connectivity index (χ1v) is 4.90. The molecule has 4 heteroatoms. The van der Waals surface area contributed by atoms with E-state index in [0.29, 0.717) is 5.04 Å². The van der Waals surface area contributed by atoms with Gasteiger partial charge in [0.15, 0.2) is 0 Å². The van der Waals surface area contributed by atoms with Gasteiger partial charge in [-0.05, 0) is 34.0 Å². The summed E-state index contributed by atoms with van der Waals surface area (Å²) >= 11 is 1.43. The van der Waals surface area contributed by atoms with Crippen LogP contribution in [0.5, 0.6) is 0 Å². The lowest BCUT2D eigenvalue weighted by Crippen LogP contribution is -2.22. The van der Waals surface area contributed by atoms with Crippen LogP contribution in [0, 0.1) is 0 Å². The van der Waals surface area contributed by atoms with Gasteiger partial charge in [-0.15, -0.1) is 11.8 Å². The minimum absolute atomic E-state index is 0.459. The summed E-state index contributed by atoms with van der Waals surface area (Å²) in [5.74, 6) is 0. The Morgan fingerprint density at radius 3 is 2.25 bits per heavy atom. The quantitative estimate of drug-likeness (QED) is 0.434. The van der Waals surface area contributed by atoms with Crippen LogP contribution in [0.4, 0.5) is 4.79 Å². The van der Waals surface area contributed by atoms with Gasteiger partial charge >= 0.3 is 6.09 Å². The minimum Gasteiger partial charge on any atom is -0.442 e. The zero-order chi connectivity index (χ0) is 9.78. The molecular formula is C8H15NO2S. The average molecular weight is 189 g/mol. The van der Waals surface area contributed by atoms with Crippen LogP contribution >= 0.6 is 11.8 Å². The number of aliphatic imine (C=N–C) groups is 1. The van der Waals surface area contributed by atoms with Crippen molar-refractivity contribution in [2.75, 3.05) is 6.26 Å². The Bertz CT molecular complexity index is 194. The van der Waals surface area contributed by atoms with E-state index >= 15 is 0 Å². The number of carbonyl (C=O) groups is 1. The summed E-state index contributed by atoms with van der Waals surface area (Å²) in [5, 5.41) is 0.712. The van der Waals surface area contributed by atoms with E-state index in [2.05, 4.69) is 4.99 Å². The molecule has 0 atom stereocenters. The van der Waals surface area contributed by atoms with Crippen molar-refractivity contribution in [1.82, 2.24) is 0 Å². The second-order valence-corrected chi connectivity index (χ2v) is 4.31. The van der Waals surface area contributed by atoms with Crippen LogP contribution in [-0.4, -0.2) is 23.0 Å². The molecule has 0 aromatic carbocycles. The summed E-state index contributed by atoms with van der Waals surface area (Å²) in [6.45, 7) is 7.22. The lowest BCUT2D eigenvalue weighted by atomic mass is 10.2. The van der Waals surface area contributed by atoms with E-state index in [1.807, 2.05) is 27.0 Å². The van der Waals surface area contributed by atoms with E-state index in [4.69, 9.17) is 4.74 Å². The maximum absolute atomic E-state index is 11.0. The fraction of sp³-hybridized carbons (Fsp3) is 0.750. The molecule has 0 saturated carbocycles. The molecule has 0 aromatic heterocycles. The van der Waals surface area contributed by atoms with Crippen molar-refractivity contribution in [2.24, 2.45) is 4.99 Å². The second kappa shape index (κ2) is 4.50. The molecule has 1 amide bonds. The van der Waals surface area contributed by atoms with Gasteiger partial charge in [-0.3, -0.25) is 0 Å². The maximum Gasteiger partial charge on any atom is 0.434 e. The van der Waals surface area contributed by atoms with Gasteiger partial charge < -0.3 is 4.74 Å². The zero-order valence-corrected chi connectivity index (χ0v) is 8.99. The number of thioether (sulfide) groups is 1. The van der Waals surface area contributed by atoms with Crippen LogP contribution in [-0.2, 0) is 4.74 Å². The lowest BCUT2D eigenvalue weighted by Gasteiger charge is -2.17. The fourth-order valence-corrected chi connectivity index (χ4v) is 0.625. The van der Waals surface area contributed by atoms with Crippen molar-refractivity contribution < 1.29 is 9.53 Å². The lowest BCUT2D eigenvalue weighted by molar-refractivity contribution is 0.0605. The third-order valence-corrected chi connectivity index (χ3v) is 1.62. The second-order valence-electron chi connectivity index (χ2n) is 3.32. The highest BCUT2D eigenvalue weighted by Gasteiger charge is 2.15. The average Bonchev–Trinajstić information content (AvgIpc) is 1.82. The van der Waals surface area contributed by atoms with Gasteiger partial charge in [0.1, 0.15) is 5.60 Å². The summed E-state index contributed by atoms with van der Waals surface area (Å²) in [4.78, 5) is 14.7. The molecule has 0 aliphatic carbocycles. The number of hydrogen-bond acceptors (Lipinski definition) is 3. The van der Waals surface area contributed by atoms with Crippen molar-refractivity contribution in [3.63, 3.8) is 0 Å². The van der Waals surface area contributed by atoms with Gasteiger partial charge in [0, 0.05) is 0 Å². The number of carbonyl (C=O) groups excluding carboxylic acids is 1. The predicted molar refractivity (Wildman–Crippen MR) is 52.9 cm³/mol. The predicted octanol–water partition coefficient (Wildman–Crippen LogP) is 2.70. The molecule has 0 spiro atoms. The van der Waals surface area contributed by atoms with Crippen LogP contribution in [0.3, 0.4) is 0 Å². The third-order valence-electron chi connectivity index (χ3n) is 0.938. The molecule has 0 saturated heterocycles. The maximum atomic E-state index is 11.0. The first kappa shape index (κ1) is 11.5. The topological polar surface area (TPSA) is 38.7 Å². The van der Waals surface area contributed by atoms with E-state index < -0.39 is 11.7 Å². The Kier molecular flexibility index (Phi) is 4.31. The van der Waals surface area contributed by atoms with Gasteiger partial charge in [-0.2, -0.15) is 4.99 Å². The molecular weight excluding hydrogens is 174 g/mol. The Hall–Kier alpha value is -0.510. The SMILES string of the molecule is CS/C(C)=N/C(=O)OC(C)(C)C. The Morgan fingerprint density at radius 2 is 1.92 bits per heavy atom. The van der Waals surface area contributed by atoms with Gasteiger partial charge in [-0.1, -0.05) is 0 Å². The molecule has 3 nitrogen and oxygen atoms in total. The Labute approximate surface area is 77.6 Å². The van der Waals surface area contributed by atoms with Gasteiger partial charge in [0.25, 0.3) is 0 Å². The van der Waals surface area contributed by atoms with Gasteiger partial charge in [-0.25, -0.2) is 4.79 Å². The molecule has 0 radical (unpaired) electrons. The van der Waals surface area contributed by atoms with E-state index in [-0.39, 0.29) is 0 Å². The van der Waals surface area contributed by atoms with E-state index in [9.17, 15) is 4.79 Å². The molecule has 0 fully saturated rings. The molecule has 0 rings (SSSR count). The van der Waals surface area contributed by atoms with Crippen molar-refractivity contribution in [3.05, 3.63) is 0 Å². The number of nitrogens with zero attached hydrogens (tertiary/aromatic N) is 1. The summed E-state index contributed by atoms with van der Waals surface area (Å²) in [6, 6.07) is 0. The third kappa shape index (κ3) is 6.22. The Morgan fingerprint density at radius 1 is 1.42 bits per heavy atom. The summed E-state index contributed by atoms with van der Waals surface area (Å²) < 4.78 is 4.97. The summed E-state index contributed by atoms with van der Waals surface area (Å²) in [7, 11) is 0. The summed E-state index contributed by atoms with van der Waals surface area (Å²) in [6.07, 6.45) is 1.35. The van der Waals surface area contributed by atoms with Crippen molar-refractivity contribution >= 4 is 22.9 Å². The standard InChI is InChI=1S/C8H15NO2S/c1-6(12-5)9-7(10)11-8(2,3)4/h1-5H3/b9-6+. The van der Waals surface area contributed by atoms with Crippen LogP contribution in [0.15, 0.2) is 4.99 Å². The van der Waals surface area contributed by atoms with Crippen molar-refractivity contribution in [1.29, 1.82) is 0 Å². The van der Waals surface area contributed by atoms with E-state index in [1.54, 1.807) is 6.92 Å². The fourth-order valence-electron chi connectivity index (χ4n) is 0.459. The molecule has 70 valence electrons.